The smallest absolute Gasteiger partial charge is 0.224 e. The molecule has 0 spiro atoms. The standard InChI is InChI=1S/C16H25N3O2/c1-3-10(4-2)15(20)9-18-14-7-11-5-6-16(21)19-13(11)8-12(14)17/h7-8,10,15,18,20H,3-6,9,17H2,1-2H3,(H,19,21). The Morgan fingerprint density at radius 2 is 2.05 bits per heavy atom. The predicted molar refractivity (Wildman–Crippen MR) is 86.4 cm³/mol. The number of aliphatic hydroxyl groups excluding tert-OH is 1. The zero-order valence-corrected chi connectivity index (χ0v) is 12.8. The van der Waals surface area contributed by atoms with E-state index in [4.69, 9.17) is 5.73 Å². The summed E-state index contributed by atoms with van der Waals surface area (Å²) in [5.74, 6) is 0.336. The van der Waals surface area contributed by atoms with Gasteiger partial charge in [-0.05, 0) is 30.0 Å². The van der Waals surface area contributed by atoms with Crippen LogP contribution in [-0.4, -0.2) is 23.7 Å². The number of anilines is 3. The number of aryl methyl sites for hydroxylation is 1. The first kappa shape index (κ1) is 15.6. The highest BCUT2D eigenvalue weighted by Gasteiger charge is 2.18. The molecule has 1 heterocycles. The summed E-state index contributed by atoms with van der Waals surface area (Å²) in [6.07, 6.45) is 2.78. The van der Waals surface area contributed by atoms with E-state index in [2.05, 4.69) is 24.5 Å². The van der Waals surface area contributed by atoms with E-state index in [-0.39, 0.29) is 12.0 Å². The summed E-state index contributed by atoms with van der Waals surface area (Å²) in [6.45, 7) is 4.67. The van der Waals surface area contributed by atoms with E-state index in [1.165, 1.54) is 0 Å². The second-order valence-corrected chi connectivity index (χ2v) is 5.67. The number of nitrogen functional groups attached to an aromatic ring is 1. The van der Waals surface area contributed by atoms with Gasteiger partial charge in [-0.2, -0.15) is 0 Å². The maximum Gasteiger partial charge on any atom is 0.224 e. The van der Waals surface area contributed by atoms with Crippen LogP contribution in [0.2, 0.25) is 0 Å². The maximum absolute atomic E-state index is 11.4. The van der Waals surface area contributed by atoms with E-state index < -0.39 is 0 Å². The van der Waals surface area contributed by atoms with Crippen LogP contribution in [-0.2, 0) is 11.2 Å². The molecular formula is C16H25N3O2. The summed E-state index contributed by atoms with van der Waals surface area (Å²) in [6, 6.07) is 3.77. The van der Waals surface area contributed by atoms with Gasteiger partial charge in [0.1, 0.15) is 0 Å². The Bertz CT molecular complexity index is 512. The van der Waals surface area contributed by atoms with Gasteiger partial charge in [0.15, 0.2) is 0 Å². The number of hydrogen-bond acceptors (Lipinski definition) is 4. The molecule has 0 saturated carbocycles. The van der Waals surface area contributed by atoms with Crippen molar-refractivity contribution < 1.29 is 9.90 Å². The van der Waals surface area contributed by atoms with Gasteiger partial charge in [-0.1, -0.05) is 26.7 Å². The minimum atomic E-state index is -0.380. The van der Waals surface area contributed by atoms with Gasteiger partial charge in [-0.3, -0.25) is 4.79 Å². The number of rotatable bonds is 6. The molecule has 5 heteroatoms. The summed E-state index contributed by atoms with van der Waals surface area (Å²) in [4.78, 5) is 11.4. The highest BCUT2D eigenvalue weighted by Crippen LogP contribution is 2.31. The summed E-state index contributed by atoms with van der Waals surface area (Å²) < 4.78 is 0. The zero-order chi connectivity index (χ0) is 15.4. The van der Waals surface area contributed by atoms with Crippen molar-refractivity contribution in [2.75, 3.05) is 22.9 Å². The quantitative estimate of drug-likeness (QED) is 0.606. The third-order valence-electron chi connectivity index (χ3n) is 4.27. The third kappa shape index (κ3) is 3.67. The Morgan fingerprint density at radius 1 is 1.33 bits per heavy atom. The van der Waals surface area contributed by atoms with Gasteiger partial charge in [0.25, 0.3) is 0 Å². The number of fused-ring (bicyclic) bond motifs is 1. The number of aliphatic hydroxyl groups is 1. The molecule has 0 bridgehead atoms. The topological polar surface area (TPSA) is 87.4 Å². The van der Waals surface area contributed by atoms with E-state index in [9.17, 15) is 9.90 Å². The number of carbonyl (C=O) groups is 1. The molecule has 1 atom stereocenters. The fraction of sp³-hybridized carbons (Fsp3) is 0.562. The van der Waals surface area contributed by atoms with Gasteiger partial charge in [-0.25, -0.2) is 0 Å². The van der Waals surface area contributed by atoms with E-state index in [0.717, 1.165) is 36.2 Å². The minimum Gasteiger partial charge on any atom is -0.397 e. The average Bonchev–Trinajstić information content (AvgIpc) is 2.46. The zero-order valence-electron chi connectivity index (χ0n) is 12.8. The molecule has 116 valence electrons. The van der Waals surface area contributed by atoms with Crippen molar-refractivity contribution in [2.45, 2.75) is 45.6 Å². The van der Waals surface area contributed by atoms with Crippen molar-refractivity contribution in [1.29, 1.82) is 0 Å². The molecule has 0 aliphatic carbocycles. The third-order valence-corrected chi connectivity index (χ3v) is 4.27. The van der Waals surface area contributed by atoms with Crippen LogP contribution < -0.4 is 16.4 Å². The van der Waals surface area contributed by atoms with Gasteiger partial charge in [-0.15, -0.1) is 0 Å². The number of amides is 1. The Kier molecular flexibility index (Phi) is 5.07. The number of hydrogen-bond donors (Lipinski definition) is 4. The van der Waals surface area contributed by atoms with E-state index in [1.807, 2.05) is 6.07 Å². The molecule has 21 heavy (non-hydrogen) atoms. The second-order valence-electron chi connectivity index (χ2n) is 5.67. The molecule has 5 N–H and O–H groups in total. The molecular weight excluding hydrogens is 266 g/mol. The molecule has 2 rings (SSSR count). The predicted octanol–water partition coefficient (Wildman–Crippen LogP) is 2.36. The van der Waals surface area contributed by atoms with Crippen LogP contribution in [0.4, 0.5) is 17.1 Å². The van der Waals surface area contributed by atoms with Crippen LogP contribution in [0, 0.1) is 5.92 Å². The van der Waals surface area contributed by atoms with Crippen molar-refractivity contribution >= 4 is 23.0 Å². The average molecular weight is 291 g/mol. The molecule has 0 aromatic heterocycles. The lowest BCUT2D eigenvalue weighted by atomic mass is 9.96. The second kappa shape index (κ2) is 6.80. The SMILES string of the molecule is CCC(CC)C(O)CNc1cc2c(cc1N)NC(=O)CC2. The highest BCUT2D eigenvalue weighted by atomic mass is 16.3. The highest BCUT2D eigenvalue weighted by molar-refractivity contribution is 5.95. The minimum absolute atomic E-state index is 0.0340. The van der Waals surface area contributed by atoms with Crippen molar-refractivity contribution in [3.05, 3.63) is 17.7 Å². The van der Waals surface area contributed by atoms with Crippen molar-refractivity contribution in [1.82, 2.24) is 0 Å². The summed E-state index contributed by atoms with van der Waals surface area (Å²) >= 11 is 0. The lowest BCUT2D eigenvalue weighted by Gasteiger charge is -2.23. The Labute approximate surface area is 125 Å². The Hall–Kier alpha value is -1.75. The van der Waals surface area contributed by atoms with Gasteiger partial charge in [0.05, 0.1) is 17.5 Å². The summed E-state index contributed by atoms with van der Waals surface area (Å²) in [5, 5.41) is 16.2. The van der Waals surface area contributed by atoms with Crippen LogP contribution in [0.3, 0.4) is 0 Å². The summed E-state index contributed by atoms with van der Waals surface area (Å²) in [5.41, 5.74) is 9.33. The Morgan fingerprint density at radius 3 is 2.71 bits per heavy atom. The van der Waals surface area contributed by atoms with Gasteiger partial charge in [0, 0.05) is 18.7 Å². The largest absolute Gasteiger partial charge is 0.397 e. The van der Waals surface area contributed by atoms with Gasteiger partial charge in [0.2, 0.25) is 5.91 Å². The molecule has 0 radical (unpaired) electrons. The summed E-state index contributed by atoms with van der Waals surface area (Å²) in [7, 11) is 0. The van der Waals surface area contributed by atoms with Crippen molar-refractivity contribution in [3.8, 4) is 0 Å². The van der Waals surface area contributed by atoms with E-state index >= 15 is 0 Å². The molecule has 1 aromatic rings. The Balaban J connectivity index is 2.06. The van der Waals surface area contributed by atoms with E-state index in [0.29, 0.717) is 24.6 Å². The molecule has 0 saturated heterocycles. The molecule has 5 nitrogen and oxygen atoms in total. The van der Waals surface area contributed by atoms with Gasteiger partial charge >= 0.3 is 0 Å². The fourth-order valence-electron chi connectivity index (χ4n) is 2.81. The number of nitrogens with one attached hydrogen (secondary N) is 2. The lowest BCUT2D eigenvalue weighted by molar-refractivity contribution is -0.116. The van der Waals surface area contributed by atoms with Crippen LogP contribution in [0.1, 0.15) is 38.7 Å². The van der Waals surface area contributed by atoms with Crippen LogP contribution in [0.5, 0.6) is 0 Å². The lowest BCUT2D eigenvalue weighted by Crippen LogP contribution is -2.28. The number of benzene rings is 1. The van der Waals surface area contributed by atoms with Crippen molar-refractivity contribution in [3.63, 3.8) is 0 Å². The molecule has 1 amide bonds. The van der Waals surface area contributed by atoms with Crippen LogP contribution in [0.25, 0.3) is 0 Å². The monoisotopic (exact) mass is 291 g/mol. The number of carbonyl (C=O) groups excluding carboxylic acids is 1. The maximum atomic E-state index is 11.4. The molecule has 1 unspecified atom stereocenters. The first-order chi connectivity index (χ1) is 10.0. The van der Waals surface area contributed by atoms with Crippen LogP contribution >= 0.6 is 0 Å². The fourth-order valence-corrected chi connectivity index (χ4v) is 2.81. The normalized spacial score (nSPS) is 15.5. The first-order valence-corrected chi connectivity index (χ1v) is 7.69. The van der Waals surface area contributed by atoms with Gasteiger partial charge < -0.3 is 21.5 Å². The molecule has 1 aromatic carbocycles. The van der Waals surface area contributed by atoms with Crippen LogP contribution in [0.15, 0.2) is 12.1 Å². The van der Waals surface area contributed by atoms with E-state index in [1.54, 1.807) is 6.07 Å². The first-order valence-electron chi connectivity index (χ1n) is 7.69. The van der Waals surface area contributed by atoms with Crippen molar-refractivity contribution in [2.24, 2.45) is 5.92 Å². The molecule has 1 aliphatic heterocycles. The molecule has 0 fully saturated rings. The molecule has 1 aliphatic rings. The number of nitrogens with two attached hydrogens (primary N) is 1.